The molecule has 0 aliphatic rings. The number of Topliss-reactive ketones (excluding diaryl/α,β-unsaturated/α-hetero) is 1. The van der Waals surface area contributed by atoms with Gasteiger partial charge in [0.2, 0.25) is 5.43 Å². The monoisotopic (exact) mass is 289 g/mol. The van der Waals surface area contributed by atoms with E-state index in [1.165, 1.54) is 23.2 Å². The lowest BCUT2D eigenvalue weighted by molar-refractivity contribution is 0.0994. The smallest absolute Gasteiger partial charge is 0.211 e. The van der Waals surface area contributed by atoms with Gasteiger partial charge in [-0.25, -0.2) is 4.68 Å². The number of aliphatic imine (C=N–C) groups is 1. The number of halogens is 1. The molecule has 0 unspecified atom stereocenters. The SMILES string of the molecule is CN=CCC(=O)c1nn(-c2cccc(Cl)c2)ccc1=O. The van der Waals surface area contributed by atoms with Gasteiger partial charge in [0.25, 0.3) is 0 Å². The zero-order valence-corrected chi connectivity index (χ0v) is 11.5. The Bertz CT molecular complexity index is 722. The lowest BCUT2D eigenvalue weighted by Gasteiger charge is -2.06. The summed E-state index contributed by atoms with van der Waals surface area (Å²) in [5.41, 5.74) is 0.167. The molecule has 0 radical (unpaired) electrons. The van der Waals surface area contributed by atoms with Gasteiger partial charge in [-0.15, -0.1) is 0 Å². The second-order valence-electron chi connectivity index (χ2n) is 4.02. The molecule has 2 aromatic rings. The molecule has 0 N–H and O–H groups in total. The first-order chi connectivity index (χ1) is 9.61. The average Bonchev–Trinajstić information content (AvgIpc) is 2.45. The van der Waals surface area contributed by atoms with Crippen LogP contribution in [0.4, 0.5) is 0 Å². The highest BCUT2D eigenvalue weighted by Gasteiger charge is 2.12. The molecule has 0 spiro atoms. The molecule has 0 atom stereocenters. The summed E-state index contributed by atoms with van der Waals surface area (Å²) in [6, 6.07) is 8.29. The standard InChI is InChI=1S/C14H12ClN3O2/c1-16-7-5-12(19)14-13(20)6-8-18(17-14)11-4-2-3-10(15)9-11/h2-4,6-9H,5H2,1H3. The zero-order chi connectivity index (χ0) is 14.5. The van der Waals surface area contributed by atoms with Crippen LogP contribution in [0, 0.1) is 0 Å². The van der Waals surface area contributed by atoms with E-state index in [1.807, 2.05) is 0 Å². The van der Waals surface area contributed by atoms with Gasteiger partial charge in [-0.05, 0) is 18.2 Å². The third-order valence-electron chi connectivity index (χ3n) is 2.60. The average molecular weight is 290 g/mol. The van der Waals surface area contributed by atoms with E-state index in [2.05, 4.69) is 10.1 Å². The van der Waals surface area contributed by atoms with Crippen molar-refractivity contribution in [3.05, 3.63) is 57.5 Å². The van der Waals surface area contributed by atoms with Crippen molar-refractivity contribution in [1.82, 2.24) is 9.78 Å². The van der Waals surface area contributed by atoms with E-state index in [1.54, 1.807) is 31.3 Å². The summed E-state index contributed by atoms with van der Waals surface area (Å²) >= 11 is 5.91. The van der Waals surface area contributed by atoms with Crippen LogP contribution in [-0.2, 0) is 0 Å². The number of hydrogen-bond donors (Lipinski definition) is 0. The van der Waals surface area contributed by atoms with Crippen molar-refractivity contribution in [2.75, 3.05) is 7.05 Å². The second-order valence-corrected chi connectivity index (χ2v) is 4.46. The minimum absolute atomic E-state index is 0.0539. The zero-order valence-electron chi connectivity index (χ0n) is 10.8. The Labute approximate surface area is 120 Å². The summed E-state index contributed by atoms with van der Waals surface area (Å²) in [6.45, 7) is 0. The largest absolute Gasteiger partial charge is 0.300 e. The van der Waals surface area contributed by atoms with Crippen LogP contribution in [0.2, 0.25) is 5.02 Å². The summed E-state index contributed by atoms with van der Waals surface area (Å²) in [5.74, 6) is -0.364. The highest BCUT2D eigenvalue weighted by atomic mass is 35.5. The normalized spacial score (nSPS) is 10.9. The van der Waals surface area contributed by atoms with E-state index in [0.717, 1.165) is 0 Å². The van der Waals surface area contributed by atoms with Gasteiger partial charge in [0.1, 0.15) is 0 Å². The van der Waals surface area contributed by atoms with Crippen molar-refractivity contribution in [3.8, 4) is 5.69 Å². The fourth-order valence-electron chi connectivity index (χ4n) is 1.63. The minimum Gasteiger partial charge on any atom is -0.300 e. The third-order valence-corrected chi connectivity index (χ3v) is 2.84. The van der Waals surface area contributed by atoms with Gasteiger partial charge in [0, 0.05) is 37.0 Å². The van der Waals surface area contributed by atoms with Gasteiger partial charge in [-0.1, -0.05) is 17.7 Å². The van der Waals surface area contributed by atoms with E-state index >= 15 is 0 Å². The maximum absolute atomic E-state index is 11.9. The first kappa shape index (κ1) is 14.1. The van der Waals surface area contributed by atoms with Crippen molar-refractivity contribution in [2.45, 2.75) is 6.42 Å². The minimum atomic E-state index is -0.405. The van der Waals surface area contributed by atoms with E-state index in [9.17, 15) is 9.59 Å². The molecule has 6 heteroatoms. The molecule has 0 bridgehead atoms. The maximum atomic E-state index is 11.9. The van der Waals surface area contributed by atoms with Gasteiger partial charge < -0.3 is 4.99 Å². The Morgan fingerprint density at radius 3 is 2.95 bits per heavy atom. The maximum Gasteiger partial charge on any atom is 0.211 e. The Morgan fingerprint density at radius 1 is 1.45 bits per heavy atom. The molecule has 2 rings (SSSR count). The highest BCUT2D eigenvalue weighted by molar-refractivity contribution is 6.30. The fourth-order valence-corrected chi connectivity index (χ4v) is 1.82. The molecule has 0 saturated carbocycles. The van der Waals surface area contributed by atoms with Gasteiger partial charge >= 0.3 is 0 Å². The molecular weight excluding hydrogens is 278 g/mol. The molecule has 5 nitrogen and oxygen atoms in total. The lowest BCUT2D eigenvalue weighted by atomic mass is 10.2. The predicted molar refractivity (Wildman–Crippen MR) is 78.2 cm³/mol. The Morgan fingerprint density at radius 2 is 2.25 bits per heavy atom. The molecule has 20 heavy (non-hydrogen) atoms. The van der Waals surface area contributed by atoms with Crippen LogP contribution in [0.25, 0.3) is 5.69 Å². The van der Waals surface area contributed by atoms with Crippen molar-refractivity contribution < 1.29 is 4.79 Å². The van der Waals surface area contributed by atoms with Crippen molar-refractivity contribution in [3.63, 3.8) is 0 Å². The van der Waals surface area contributed by atoms with E-state index in [-0.39, 0.29) is 17.9 Å². The number of carbonyl (C=O) groups is 1. The van der Waals surface area contributed by atoms with Gasteiger partial charge in [0.05, 0.1) is 5.69 Å². The quantitative estimate of drug-likeness (QED) is 0.640. The molecule has 102 valence electrons. The molecule has 0 saturated heterocycles. The summed E-state index contributed by atoms with van der Waals surface area (Å²) in [6.07, 6.45) is 3.00. The van der Waals surface area contributed by atoms with Crippen LogP contribution in [0.15, 0.2) is 46.3 Å². The van der Waals surface area contributed by atoms with E-state index < -0.39 is 5.43 Å². The number of hydrogen-bond acceptors (Lipinski definition) is 4. The van der Waals surface area contributed by atoms with Crippen molar-refractivity contribution in [1.29, 1.82) is 0 Å². The van der Waals surface area contributed by atoms with Gasteiger partial charge in [-0.2, -0.15) is 5.10 Å². The van der Waals surface area contributed by atoms with Crippen molar-refractivity contribution in [2.24, 2.45) is 4.99 Å². The number of carbonyl (C=O) groups excluding carboxylic acids is 1. The first-order valence-corrected chi connectivity index (χ1v) is 6.29. The molecule has 0 amide bonds. The van der Waals surface area contributed by atoms with Crippen LogP contribution in [0.5, 0.6) is 0 Å². The Kier molecular flexibility index (Phi) is 4.42. The van der Waals surface area contributed by atoms with Crippen LogP contribution in [0.1, 0.15) is 16.9 Å². The molecule has 1 aromatic carbocycles. The molecular formula is C14H12ClN3O2. The van der Waals surface area contributed by atoms with Gasteiger partial charge in [-0.3, -0.25) is 9.59 Å². The summed E-state index contributed by atoms with van der Waals surface area (Å²) in [7, 11) is 1.57. The Hall–Kier alpha value is -2.27. The fraction of sp³-hybridized carbons (Fsp3) is 0.143. The third kappa shape index (κ3) is 3.19. The first-order valence-electron chi connectivity index (χ1n) is 5.91. The van der Waals surface area contributed by atoms with Crippen LogP contribution in [-0.4, -0.2) is 28.8 Å². The van der Waals surface area contributed by atoms with Crippen LogP contribution < -0.4 is 5.43 Å². The molecule has 0 aliphatic heterocycles. The second kappa shape index (κ2) is 6.25. The summed E-state index contributed by atoms with van der Waals surface area (Å²) in [4.78, 5) is 27.3. The lowest BCUT2D eigenvalue weighted by Crippen LogP contribution is -2.20. The number of benzene rings is 1. The number of ketones is 1. The summed E-state index contributed by atoms with van der Waals surface area (Å²) in [5, 5.41) is 4.62. The predicted octanol–water partition coefficient (Wildman–Crippen LogP) is 2.16. The topological polar surface area (TPSA) is 64.3 Å². The number of nitrogens with zero attached hydrogens (tertiary/aromatic N) is 3. The number of aromatic nitrogens is 2. The summed E-state index contributed by atoms with van der Waals surface area (Å²) < 4.78 is 1.45. The molecule has 0 fully saturated rings. The van der Waals surface area contributed by atoms with Crippen molar-refractivity contribution >= 4 is 23.6 Å². The van der Waals surface area contributed by atoms with E-state index in [4.69, 9.17) is 11.6 Å². The Balaban J connectivity index is 2.43. The number of rotatable bonds is 4. The molecule has 0 aliphatic carbocycles. The molecule has 1 heterocycles. The van der Waals surface area contributed by atoms with Gasteiger partial charge in [0.15, 0.2) is 11.5 Å². The van der Waals surface area contributed by atoms with Crippen LogP contribution in [0.3, 0.4) is 0 Å². The molecule has 1 aromatic heterocycles. The van der Waals surface area contributed by atoms with E-state index in [0.29, 0.717) is 10.7 Å². The highest BCUT2D eigenvalue weighted by Crippen LogP contribution is 2.13. The van der Waals surface area contributed by atoms with Crippen LogP contribution >= 0.6 is 11.6 Å².